The van der Waals surface area contributed by atoms with Crippen LogP contribution in [0.1, 0.15) is 40.9 Å². The molecule has 1 amide bonds. The first kappa shape index (κ1) is 16.7. The number of rotatable bonds is 4. The van der Waals surface area contributed by atoms with Gasteiger partial charge in [0.15, 0.2) is 0 Å². The van der Waals surface area contributed by atoms with E-state index in [9.17, 15) is 4.79 Å². The smallest absolute Gasteiger partial charge is 0.242 e. The van der Waals surface area contributed by atoms with Crippen LogP contribution in [0.3, 0.4) is 0 Å². The molecular weight excluding hydrogens is 306 g/mol. The lowest BCUT2D eigenvalue weighted by Crippen LogP contribution is -2.39. The predicted octanol–water partition coefficient (Wildman–Crippen LogP) is 1.50. The fourth-order valence-corrected chi connectivity index (χ4v) is 3.45. The zero-order valence-electron chi connectivity index (χ0n) is 15.0. The number of nitrogens with zero attached hydrogens (tertiary/aromatic N) is 4. The van der Waals surface area contributed by atoms with E-state index in [0.717, 1.165) is 34.8 Å². The summed E-state index contributed by atoms with van der Waals surface area (Å²) in [6, 6.07) is 1.94. The Bertz CT molecular complexity index is 761. The number of nitrogens with one attached hydrogen (secondary N) is 1. The van der Waals surface area contributed by atoms with E-state index >= 15 is 0 Å². The third-order valence-electron chi connectivity index (χ3n) is 4.68. The number of ether oxygens (including phenoxy) is 1. The standard InChI is InChI=1S/C17H25N5O2/c1-10-8-11(2)22(19-10)9-15(23)18-14-6-7-24-17(14)16-12(3)20-21(5)13(16)4/h8,14,17H,6-7,9H2,1-5H3,(H,18,23)/t14-,17-/m0/s1. The fourth-order valence-electron chi connectivity index (χ4n) is 3.45. The lowest BCUT2D eigenvalue weighted by molar-refractivity contribution is -0.123. The number of carbonyl (C=O) groups excluding carboxylic acids is 1. The average molecular weight is 331 g/mol. The number of aromatic nitrogens is 4. The molecule has 3 heterocycles. The topological polar surface area (TPSA) is 74.0 Å². The molecule has 0 bridgehead atoms. The van der Waals surface area contributed by atoms with Crippen LogP contribution in [-0.2, 0) is 23.1 Å². The molecule has 0 aliphatic carbocycles. The highest BCUT2D eigenvalue weighted by Crippen LogP contribution is 2.33. The van der Waals surface area contributed by atoms with Gasteiger partial charge in [-0.3, -0.25) is 14.2 Å². The normalized spacial score (nSPS) is 20.5. The highest BCUT2D eigenvalue weighted by molar-refractivity contribution is 5.76. The van der Waals surface area contributed by atoms with Gasteiger partial charge in [0.25, 0.3) is 0 Å². The van der Waals surface area contributed by atoms with Gasteiger partial charge in [-0.15, -0.1) is 0 Å². The molecule has 130 valence electrons. The van der Waals surface area contributed by atoms with Crippen molar-refractivity contribution in [2.45, 2.75) is 52.8 Å². The van der Waals surface area contributed by atoms with Crippen LogP contribution in [0.5, 0.6) is 0 Å². The Hall–Kier alpha value is -2.15. The zero-order chi connectivity index (χ0) is 17.4. The summed E-state index contributed by atoms with van der Waals surface area (Å²) >= 11 is 0. The lowest BCUT2D eigenvalue weighted by Gasteiger charge is -2.21. The molecule has 0 unspecified atom stereocenters. The van der Waals surface area contributed by atoms with E-state index in [1.165, 1.54) is 0 Å². The quantitative estimate of drug-likeness (QED) is 0.921. The molecule has 1 N–H and O–H groups in total. The van der Waals surface area contributed by atoms with Gasteiger partial charge in [-0.05, 0) is 40.2 Å². The van der Waals surface area contributed by atoms with Crippen molar-refractivity contribution in [2.75, 3.05) is 6.61 Å². The summed E-state index contributed by atoms with van der Waals surface area (Å²) in [5.41, 5.74) is 5.04. The first-order chi connectivity index (χ1) is 11.4. The largest absolute Gasteiger partial charge is 0.371 e. The van der Waals surface area contributed by atoms with Crippen molar-refractivity contribution in [1.29, 1.82) is 0 Å². The fraction of sp³-hybridized carbons (Fsp3) is 0.588. The van der Waals surface area contributed by atoms with Crippen molar-refractivity contribution in [2.24, 2.45) is 7.05 Å². The van der Waals surface area contributed by atoms with Crippen molar-refractivity contribution in [1.82, 2.24) is 24.9 Å². The van der Waals surface area contributed by atoms with Crippen LogP contribution in [0.4, 0.5) is 0 Å². The van der Waals surface area contributed by atoms with Crippen LogP contribution < -0.4 is 5.32 Å². The highest BCUT2D eigenvalue weighted by Gasteiger charge is 2.34. The maximum atomic E-state index is 12.4. The van der Waals surface area contributed by atoms with Gasteiger partial charge in [0.2, 0.25) is 5.91 Å². The molecule has 1 aliphatic heterocycles. The molecule has 0 aromatic carbocycles. The summed E-state index contributed by atoms with van der Waals surface area (Å²) in [5.74, 6) is -0.0408. The summed E-state index contributed by atoms with van der Waals surface area (Å²) in [6.45, 7) is 8.77. The average Bonchev–Trinajstić information content (AvgIpc) is 3.12. The summed E-state index contributed by atoms with van der Waals surface area (Å²) in [4.78, 5) is 12.4. The van der Waals surface area contributed by atoms with Crippen LogP contribution in [0.25, 0.3) is 0 Å². The Labute approximate surface area is 142 Å². The van der Waals surface area contributed by atoms with Crippen molar-refractivity contribution in [3.05, 3.63) is 34.4 Å². The number of hydrogen-bond donors (Lipinski definition) is 1. The number of carbonyl (C=O) groups is 1. The van der Waals surface area contributed by atoms with E-state index in [1.54, 1.807) is 4.68 Å². The van der Waals surface area contributed by atoms with Gasteiger partial charge in [0.05, 0.1) is 17.4 Å². The van der Waals surface area contributed by atoms with Crippen LogP contribution >= 0.6 is 0 Å². The monoisotopic (exact) mass is 331 g/mol. The molecule has 0 spiro atoms. The Morgan fingerprint density at radius 1 is 1.33 bits per heavy atom. The van der Waals surface area contributed by atoms with Crippen LogP contribution in [0.2, 0.25) is 0 Å². The van der Waals surface area contributed by atoms with E-state index in [-0.39, 0.29) is 24.6 Å². The third kappa shape index (κ3) is 3.08. The third-order valence-corrected chi connectivity index (χ3v) is 4.68. The van der Waals surface area contributed by atoms with Gasteiger partial charge >= 0.3 is 0 Å². The molecule has 7 heteroatoms. The maximum absolute atomic E-state index is 12.4. The van der Waals surface area contributed by atoms with Crippen molar-refractivity contribution in [3.63, 3.8) is 0 Å². The molecule has 2 atom stereocenters. The van der Waals surface area contributed by atoms with E-state index in [1.807, 2.05) is 45.5 Å². The van der Waals surface area contributed by atoms with Gasteiger partial charge in [0, 0.05) is 30.6 Å². The highest BCUT2D eigenvalue weighted by atomic mass is 16.5. The van der Waals surface area contributed by atoms with E-state index in [0.29, 0.717) is 6.61 Å². The van der Waals surface area contributed by atoms with Gasteiger partial charge in [-0.25, -0.2) is 0 Å². The molecular formula is C17H25N5O2. The summed E-state index contributed by atoms with van der Waals surface area (Å²) < 4.78 is 9.51. The molecule has 2 aromatic rings. The molecule has 0 saturated carbocycles. The number of amides is 1. The second kappa shape index (κ2) is 6.39. The van der Waals surface area contributed by atoms with Gasteiger partial charge in [-0.2, -0.15) is 10.2 Å². The van der Waals surface area contributed by atoms with Crippen molar-refractivity contribution >= 4 is 5.91 Å². The molecule has 7 nitrogen and oxygen atoms in total. The van der Waals surface area contributed by atoms with Crippen LogP contribution in [0, 0.1) is 27.7 Å². The van der Waals surface area contributed by atoms with Crippen LogP contribution in [0.15, 0.2) is 6.07 Å². The Morgan fingerprint density at radius 2 is 2.08 bits per heavy atom. The molecule has 24 heavy (non-hydrogen) atoms. The summed E-state index contributed by atoms with van der Waals surface area (Å²) in [5, 5.41) is 11.9. The van der Waals surface area contributed by atoms with E-state index < -0.39 is 0 Å². The zero-order valence-corrected chi connectivity index (χ0v) is 15.0. The second-order valence-corrected chi connectivity index (χ2v) is 6.55. The number of hydrogen-bond acceptors (Lipinski definition) is 4. The Morgan fingerprint density at radius 3 is 2.67 bits per heavy atom. The SMILES string of the molecule is Cc1cc(C)n(CC(=O)N[C@H]2CCO[C@@H]2c2c(C)nn(C)c2C)n1. The first-order valence-electron chi connectivity index (χ1n) is 8.29. The van der Waals surface area contributed by atoms with Crippen molar-refractivity contribution < 1.29 is 9.53 Å². The van der Waals surface area contributed by atoms with Crippen molar-refractivity contribution in [3.8, 4) is 0 Å². The Kier molecular flexibility index (Phi) is 4.45. The predicted molar refractivity (Wildman–Crippen MR) is 89.6 cm³/mol. The minimum atomic E-state index is -0.136. The molecule has 1 aliphatic rings. The van der Waals surface area contributed by atoms with Crippen LogP contribution in [-0.4, -0.2) is 38.1 Å². The summed E-state index contributed by atoms with van der Waals surface area (Å²) in [7, 11) is 1.93. The van der Waals surface area contributed by atoms with Gasteiger partial charge < -0.3 is 10.1 Å². The minimum Gasteiger partial charge on any atom is -0.371 e. The first-order valence-corrected chi connectivity index (χ1v) is 8.29. The molecule has 0 radical (unpaired) electrons. The minimum absolute atomic E-state index is 0.0314. The molecule has 1 saturated heterocycles. The Balaban J connectivity index is 1.72. The second-order valence-electron chi connectivity index (χ2n) is 6.55. The maximum Gasteiger partial charge on any atom is 0.242 e. The lowest BCUT2D eigenvalue weighted by atomic mass is 10.0. The van der Waals surface area contributed by atoms with E-state index in [4.69, 9.17) is 4.74 Å². The molecule has 2 aromatic heterocycles. The molecule has 3 rings (SSSR count). The van der Waals surface area contributed by atoms with Gasteiger partial charge in [-0.1, -0.05) is 0 Å². The molecule has 1 fully saturated rings. The summed E-state index contributed by atoms with van der Waals surface area (Å²) in [6.07, 6.45) is 0.671. The number of aryl methyl sites for hydroxylation is 4. The van der Waals surface area contributed by atoms with Gasteiger partial charge in [0.1, 0.15) is 12.6 Å². The van der Waals surface area contributed by atoms with E-state index in [2.05, 4.69) is 15.5 Å².